The Hall–Kier alpha value is -0.610. The van der Waals surface area contributed by atoms with E-state index in [1.165, 1.54) is 4.52 Å². The minimum atomic E-state index is 0.415. The first-order valence-corrected chi connectivity index (χ1v) is 4.02. The summed E-state index contributed by atoms with van der Waals surface area (Å²) < 4.78 is 2.34. The van der Waals surface area contributed by atoms with E-state index in [1.807, 2.05) is 0 Å². The van der Waals surface area contributed by atoms with Crippen molar-refractivity contribution in [1.82, 2.24) is 14.6 Å². The van der Waals surface area contributed by atoms with Gasteiger partial charge in [0.05, 0.1) is 16.9 Å². The Kier molecular flexibility index (Phi) is 1.58. The molecule has 2 rings (SSSR count). The Bertz CT molecular complexity index is 398. The second kappa shape index (κ2) is 2.46. The molecule has 0 aliphatic carbocycles. The molecule has 0 aliphatic rings. The lowest BCUT2D eigenvalue weighted by molar-refractivity contribution is 0.931. The molecule has 3 nitrogen and oxygen atoms in total. The zero-order valence-electron chi connectivity index (χ0n) is 5.25. The van der Waals surface area contributed by atoms with E-state index < -0.39 is 0 Å². The van der Waals surface area contributed by atoms with E-state index in [-0.39, 0.29) is 0 Å². The van der Waals surface area contributed by atoms with Gasteiger partial charge in [-0.2, -0.15) is 5.10 Å². The van der Waals surface area contributed by atoms with E-state index in [2.05, 4.69) is 32.2 Å². The van der Waals surface area contributed by atoms with Crippen molar-refractivity contribution in [3.8, 4) is 0 Å². The normalized spacial score (nSPS) is 10.7. The molecule has 11 heavy (non-hydrogen) atoms. The highest BCUT2D eigenvalue weighted by atomic mass is 79.9. The van der Waals surface area contributed by atoms with Crippen LogP contribution in [0, 0.1) is 6.20 Å². The van der Waals surface area contributed by atoms with Crippen molar-refractivity contribution in [3.05, 3.63) is 28.1 Å². The highest BCUT2D eigenvalue weighted by molar-refractivity contribution is 9.10. The van der Waals surface area contributed by atoms with Crippen LogP contribution in [0.3, 0.4) is 0 Å². The smallest absolute Gasteiger partial charge is 0.171 e. The molecule has 0 atom stereocenters. The maximum Gasteiger partial charge on any atom is 0.171 e. The molecular formula is C6H2BrClN3. The summed E-state index contributed by atoms with van der Waals surface area (Å²) >= 11 is 8.92. The summed E-state index contributed by atoms with van der Waals surface area (Å²) in [7, 11) is 0. The van der Waals surface area contributed by atoms with Crippen LogP contribution in [0.15, 0.2) is 16.7 Å². The predicted octanol–water partition coefficient (Wildman–Crippen LogP) is 1.95. The number of nitrogens with zero attached hydrogens (tertiary/aromatic N) is 3. The molecule has 55 valence electrons. The molecule has 1 radical (unpaired) electrons. The van der Waals surface area contributed by atoms with Crippen LogP contribution < -0.4 is 0 Å². The fourth-order valence-corrected chi connectivity index (χ4v) is 1.24. The van der Waals surface area contributed by atoms with Gasteiger partial charge in [-0.25, -0.2) is 9.50 Å². The number of aromatic nitrogens is 3. The third-order valence-electron chi connectivity index (χ3n) is 1.22. The maximum atomic E-state index is 5.64. The van der Waals surface area contributed by atoms with E-state index in [1.54, 1.807) is 12.3 Å². The van der Waals surface area contributed by atoms with Crippen molar-refractivity contribution in [1.29, 1.82) is 0 Å². The van der Waals surface area contributed by atoms with E-state index in [0.29, 0.717) is 10.8 Å². The minimum Gasteiger partial charge on any atom is -0.216 e. The highest BCUT2D eigenvalue weighted by Gasteiger charge is 2.01. The van der Waals surface area contributed by atoms with Gasteiger partial charge in [0.15, 0.2) is 5.65 Å². The fraction of sp³-hybridized carbons (Fsp3) is 0. The van der Waals surface area contributed by atoms with Gasteiger partial charge in [0.2, 0.25) is 0 Å². The van der Waals surface area contributed by atoms with Crippen molar-refractivity contribution in [3.63, 3.8) is 0 Å². The number of hydrogen-bond acceptors (Lipinski definition) is 2. The number of hydrogen-bond donors (Lipinski definition) is 0. The molecule has 0 aromatic carbocycles. The van der Waals surface area contributed by atoms with Crippen LogP contribution in [-0.2, 0) is 0 Å². The number of halogens is 2. The van der Waals surface area contributed by atoms with Crippen molar-refractivity contribution in [2.75, 3.05) is 0 Å². The van der Waals surface area contributed by atoms with Crippen molar-refractivity contribution >= 4 is 33.2 Å². The fourth-order valence-electron chi connectivity index (χ4n) is 0.765. The molecule has 0 amide bonds. The highest BCUT2D eigenvalue weighted by Crippen LogP contribution is 2.16. The molecule has 0 bridgehead atoms. The maximum absolute atomic E-state index is 5.64. The van der Waals surface area contributed by atoms with Gasteiger partial charge in [-0.3, -0.25) is 0 Å². The molecule has 0 fully saturated rings. The Morgan fingerprint density at radius 1 is 1.64 bits per heavy atom. The Balaban J connectivity index is 2.87. The van der Waals surface area contributed by atoms with Gasteiger partial charge >= 0.3 is 0 Å². The molecule has 2 aromatic rings. The SMILES string of the molecule is Clc1c[c]n2ncc(Br)c2n1. The van der Waals surface area contributed by atoms with Crippen LogP contribution in [0.5, 0.6) is 0 Å². The zero-order chi connectivity index (χ0) is 7.84. The molecule has 0 aliphatic heterocycles. The van der Waals surface area contributed by atoms with Crippen LogP contribution in [-0.4, -0.2) is 14.6 Å². The van der Waals surface area contributed by atoms with E-state index >= 15 is 0 Å². The second-order valence-corrected chi connectivity index (χ2v) is 3.18. The standard InChI is InChI=1S/C6H2BrClN3/c7-4-3-9-11-2-1-5(8)10-6(4)11/h1,3H. The molecule has 0 N–H and O–H groups in total. The largest absolute Gasteiger partial charge is 0.216 e. The quantitative estimate of drug-likeness (QED) is 0.649. The van der Waals surface area contributed by atoms with Crippen molar-refractivity contribution < 1.29 is 0 Å². The Morgan fingerprint density at radius 2 is 2.45 bits per heavy atom. The van der Waals surface area contributed by atoms with Gasteiger partial charge in [-0.15, -0.1) is 0 Å². The predicted molar refractivity (Wildman–Crippen MR) is 44.5 cm³/mol. The third-order valence-corrected chi connectivity index (χ3v) is 1.97. The van der Waals surface area contributed by atoms with Crippen LogP contribution in [0.1, 0.15) is 0 Å². The van der Waals surface area contributed by atoms with E-state index in [0.717, 1.165) is 4.47 Å². The Labute approximate surface area is 76.1 Å². The van der Waals surface area contributed by atoms with Gasteiger partial charge in [0.1, 0.15) is 5.15 Å². The molecule has 2 aromatic heterocycles. The topological polar surface area (TPSA) is 30.2 Å². The molecule has 5 heteroatoms. The summed E-state index contributed by atoms with van der Waals surface area (Å²) in [5.41, 5.74) is 0.678. The summed E-state index contributed by atoms with van der Waals surface area (Å²) in [4.78, 5) is 4.02. The molecule has 2 heterocycles. The molecule has 0 spiro atoms. The zero-order valence-corrected chi connectivity index (χ0v) is 7.59. The monoisotopic (exact) mass is 230 g/mol. The summed E-state index contributed by atoms with van der Waals surface area (Å²) in [6.45, 7) is 0. The van der Waals surface area contributed by atoms with Gasteiger partial charge in [0, 0.05) is 6.07 Å². The van der Waals surface area contributed by atoms with Gasteiger partial charge in [-0.05, 0) is 15.9 Å². The molecule has 0 saturated carbocycles. The average molecular weight is 231 g/mol. The van der Waals surface area contributed by atoms with Crippen LogP contribution in [0.2, 0.25) is 5.15 Å². The first-order valence-electron chi connectivity index (χ1n) is 2.85. The summed E-state index contributed by atoms with van der Waals surface area (Å²) in [5.74, 6) is 0. The Morgan fingerprint density at radius 3 is 3.27 bits per heavy atom. The number of fused-ring (bicyclic) bond motifs is 1. The van der Waals surface area contributed by atoms with Crippen molar-refractivity contribution in [2.24, 2.45) is 0 Å². The van der Waals surface area contributed by atoms with Gasteiger partial charge in [-0.1, -0.05) is 11.6 Å². The average Bonchev–Trinajstić information content (AvgIpc) is 2.33. The van der Waals surface area contributed by atoms with Gasteiger partial charge in [0.25, 0.3) is 0 Å². The first-order chi connectivity index (χ1) is 5.27. The van der Waals surface area contributed by atoms with Crippen molar-refractivity contribution in [2.45, 2.75) is 0 Å². The summed E-state index contributed by atoms with van der Waals surface area (Å²) in [5, 5.41) is 4.37. The molecule has 0 saturated heterocycles. The summed E-state index contributed by atoms with van der Waals surface area (Å²) in [6.07, 6.45) is 4.47. The van der Waals surface area contributed by atoms with E-state index in [9.17, 15) is 0 Å². The first kappa shape index (κ1) is 7.06. The van der Waals surface area contributed by atoms with Gasteiger partial charge < -0.3 is 0 Å². The lowest BCUT2D eigenvalue weighted by atomic mass is 10.6. The lowest BCUT2D eigenvalue weighted by Crippen LogP contribution is -1.88. The number of rotatable bonds is 0. The molecular weight excluding hydrogens is 229 g/mol. The van der Waals surface area contributed by atoms with Crippen LogP contribution in [0.25, 0.3) is 5.65 Å². The molecule has 0 unspecified atom stereocenters. The van der Waals surface area contributed by atoms with Crippen LogP contribution >= 0.6 is 27.5 Å². The summed E-state index contributed by atoms with van der Waals surface area (Å²) in [6, 6.07) is 1.56. The van der Waals surface area contributed by atoms with Crippen LogP contribution in [0.4, 0.5) is 0 Å². The lowest BCUT2D eigenvalue weighted by Gasteiger charge is -1.90. The van der Waals surface area contributed by atoms with E-state index in [4.69, 9.17) is 11.6 Å². The minimum absolute atomic E-state index is 0.415. The second-order valence-electron chi connectivity index (χ2n) is 1.94. The third kappa shape index (κ3) is 1.12.